The van der Waals surface area contributed by atoms with Gasteiger partial charge in [0, 0.05) is 39.3 Å². The third-order valence-corrected chi connectivity index (χ3v) is 5.57. The van der Waals surface area contributed by atoms with Crippen molar-refractivity contribution < 1.29 is 19.1 Å². The molecule has 0 radical (unpaired) electrons. The highest BCUT2D eigenvalue weighted by molar-refractivity contribution is 6.33. The molecule has 0 bridgehead atoms. The van der Waals surface area contributed by atoms with E-state index in [0.717, 1.165) is 13.1 Å². The zero-order chi connectivity index (χ0) is 20.8. The highest BCUT2D eigenvalue weighted by Crippen LogP contribution is 2.15. The third-order valence-electron chi connectivity index (χ3n) is 5.24. The van der Waals surface area contributed by atoms with Crippen LogP contribution in [0.2, 0.25) is 5.02 Å². The van der Waals surface area contributed by atoms with Crippen LogP contribution in [0.3, 0.4) is 0 Å². The molecule has 29 heavy (non-hydrogen) atoms. The summed E-state index contributed by atoms with van der Waals surface area (Å²) in [6.45, 7) is 6.83. The van der Waals surface area contributed by atoms with Crippen molar-refractivity contribution in [2.45, 2.75) is 13.0 Å². The molecule has 2 aliphatic rings. The van der Waals surface area contributed by atoms with Gasteiger partial charge in [0.1, 0.15) is 6.04 Å². The SMILES string of the molecule is CC(NC(=O)c1ccccc1Cl)C(=O)N1CCN(C(=O)CN2CCOCC2)CC1. The van der Waals surface area contributed by atoms with Crippen molar-refractivity contribution >= 4 is 29.3 Å². The van der Waals surface area contributed by atoms with Crippen LogP contribution in [0.25, 0.3) is 0 Å². The summed E-state index contributed by atoms with van der Waals surface area (Å²) in [5, 5.41) is 3.05. The van der Waals surface area contributed by atoms with Crippen LogP contribution in [0, 0.1) is 0 Å². The molecule has 3 amide bonds. The summed E-state index contributed by atoms with van der Waals surface area (Å²) < 4.78 is 5.30. The first-order chi connectivity index (χ1) is 14.0. The van der Waals surface area contributed by atoms with Gasteiger partial charge in [-0.3, -0.25) is 19.3 Å². The van der Waals surface area contributed by atoms with Gasteiger partial charge >= 0.3 is 0 Å². The Morgan fingerprint density at radius 2 is 1.66 bits per heavy atom. The smallest absolute Gasteiger partial charge is 0.253 e. The lowest BCUT2D eigenvalue weighted by molar-refractivity contribution is -0.141. The van der Waals surface area contributed by atoms with Gasteiger partial charge in [-0.05, 0) is 19.1 Å². The van der Waals surface area contributed by atoms with Gasteiger partial charge in [-0.1, -0.05) is 23.7 Å². The number of carbonyl (C=O) groups is 3. The minimum Gasteiger partial charge on any atom is -0.379 e. The van der Waals surface area contributed by atoms with Crippen molar-refractivity contribution in [3.8, 4) is 0 Å². The molecule has 0 saturated carbocycles. The van der Waals surface area contributed by atoms with E-state index in [1.165, 1.54) is 0 Å². The van der Waals surface area contributed by atoms with Crippen molar-refractivity contribution in [3.05, 3.63) is 34.9 Å². The van der Waals surface area contributed by atoms with E-state index < -0.39 is 6.04 Å². The molecule has 1 aromatic carbocycles. The first kappa shape index (κ1) is 21.5. The van der Waals surface area contributed by atoms with E-state index in [4.69, 9.17) is 16.3 Å². The van der Waals surface area contributed by atoms with Crippen LogP contribution >= 0.6 is 11.6 Å². The van der Waals surface area contributed by atoms with Crippen LogP contribution in [0.5, 0.6) is 0 Å². The minimum absolute atomic E-state index is 0.0825. The quantitative estimate of drug-likeness (QED) is 0.745. The molecule has 1 aromatic rings. The molecule has 1 unspecified atom stereocenters. The molecule has 9 heteroatoms. The molecule has 2 aliphatic heterocycles. The zero-order valence-corrected chi connectivity index (χ0v) is 17.4. The molecule has 8 nitrogen and oxygen atoms in total. The average Bonchev–Trinajstić information content (AvgIpc) is 2.74. The van der Waals surface area contributed by atoms with E-state index in [-0.39, 0.29) is 17.7 Å². The topological polar surface area (TPSA) is 82.2 Å². The van der Waals surface area contributed by atoms with E-state index in [2.05, 4.69) is 10.2 Å². The number of nitrogens with zero attached hydrogens (tertiary/aromatic N) is 3. The normalized spacial score (nSPS) is 19.0. The molecular weight excluding hydrogens is 396 g/mol. The summed E-state index contributed by atoms with van der Waals surface area (Å²) in [7, 11) is 0. The Morgan fingerprint density at radius 3 is 2.31 bits per heavy atom. The monoisotopic (exact) mass is 422 g/mol. The number of amides is 3. The number of carbonyl (C=O) groups excluding carboxylic acids is 3. The number of ether oxygens (including phenoxy) is 1. The Labute approximate surface area is 175 Å². The standard InChI is InChI=1S/C20H27ClN4O4/c1-15(22-19(27)16-4-2-3-5-17(16)21)20(28)25-8-6-24(7-9-25)18(26)14-23-10-12-29-13-11-23/h2-5,15H,6-14H2,1H3,(H,22,27). The summed E-state index contributed by atoms with van der Waals surface area (Å²) in [6.07, 6.45) is 0. The van der Waals surface area contributed by atoms with Crippen LogP contribution in [0.4, 0.5) is 0 Å². The molecule has 1 N–H and O–H groups in total. The number of rotatable bonds is 5. The summed E-state index contributed by atoms with van der Waals surface area (Å²) in [6, 6.07) is 6.05. The fourth-order valence-electron chi connectivity index (χ4n) is 3.48. The average molecular weight is 423 g/mol. The molecular formula is C20H27ClN4O4. The van der Waals surface area contributed by atoms with Crippen LogP contribution in [0.1, 0.15) is 17.3 Å². The first-order valence-electron chi connectivity index (χ1n) is 9.88. The second-order valence-corrected chi connectivity index (χ2v) is 7.68. The molecule has 2 heterocycles. The largest absolute Gasteiger partial charge is 0.379 e. The summed E-state index contributed by atoms with van der Waals surface area (Å²) >= 11 is 6.04. The lowest BCUT2D eigenvalue weighted by Gasteiger charge is -2.37. The lowest BCUT2D eigenvalue weighted by Crippen LogP contribution is -2.56. The second-order valence-electron chi connectivity index (χ2n) is 7.27. The highest BCUT2D eigenvalue weighted by atomic mass is 35.5. The minimum atomic E-state index is -0.672. The van der Waals surface area contributed by atoms with E-state index >= 15 is 0 Å². The van der Waals surface area contributed by atoms with Crippen molar-refractivity contribution in [3.63, 3.8) is 0 Å². The second kappa shape index (κ2) is 10.0. The number of benzene rings is 1. The molecule has 3 rings (SSSR count). The van der Waals surface area contributed by atoms with Crippen LogP contribution < -0.4 is 5.32 Å². The molecule has 1 atom stereocenters. The van der Waals surface area contributed by atoms with E-state index in [1.54, 1.807) is 41.0 Å². The van der Waals surface area contributed by atoms with Crippen molar-refractivity contribution in [2.24, 2.45) is 0 Å². The number of nitrogens with one attached hydrogen (secondary N) is 1. The Kier molecular flexibility index (Phi) is 7.46. The fourth-order valence-corrected chi connectivity index (χ4v) is 3.70. The van der Waals surface area contributed by atoms with Crippen molar-refractivity contribution in [1.82, 2.24) is 20.0 Å². The molecule has 2 fully saturated rings. The fraction of sp³-hybridized carbons (Fsp3) is 0.550. The van der Waals surface area contributed by atoms with Gasteiger partial charge in [-0.25, -0.2) is 0 Å². The van der Waals surface area contributed by atoms with Crippen molar-refractivity contribution in [1.29, 1.82) is 0 Å². The van der Waals surface area contributed by atoms with Crippen LogP contribution in [0.15, 0.2) is 24.3 Å². The van der Waals surface area contributed by atoms with Gasteiger partial charge in [-0.15, -0.1) is 0 Å². The predicted molar refractivity (Wildman–Crippen MR) is 109 cm³/mol. The molecule has 158 valence electrons. The number of morpholine rings is 1. The van der Waals surface area contributed by atoms with Gasteiger partial charge in [0.15, 0.2) is 0 Å². The zero-order valence-electron chi connectivity index (χ0n) is 16.6. The molecule has 0 aliphatic carbocycles. The summed E-state index contributed by atoms with van der Waals surface area (Å²) in [5.74, 6) is -0.458. The maximum absolute atomic E-state index is 12.7. The predicted octanol–water partition coefficient (Wildman–Crippen LogP) is 0.461. The van der Waals surface area contributed by atoms with E-state index in [9.17, 15) is 14.4 Å². The highest BCUT2D eigenvalue weighted by Gasteiger charge is 2.28. The Balaban J connectivity index is 1.46. The van der Waals surface area contributed by atoms with Crippen LogP contribution in [-0.2, 0) is 14.3 Å². The van der Waals surface area contributed by atoms with Gasteiger partial charge in [-0.2, -0.15) is 0 Å². The maximum Gasteiger partial charge on any atom is 0.253 e. The van der Waals surface area contributed by atoms with Gasteiger partial charge in [0.05, 0.1) is 30.3 Å². The van der Waals surface area contributed by atoms with Gasteiger partial charge in [0.2, 0.25) is 11.8 Å². The number of hydrogen-bond acceptors (Lipinski definition) is 5. The number of hydrogen-bond donors (Lipinski definition) is 1. The van der Waals surface area contributed by atoms with E-state index in [0.29, 0.717) is 56.5 Å². The first-order valence-corrected chi connectivity index (χ1v) is 10.3. The van der Waals surface area contributed by atoms with Gasteiger partial charge in [0.25, 0.3) is 5.91 Å². The van der Waals surface area contributed by atoms with Crippen molar-refractivity contribution in [2.75, 3.05) is 59.0 Å². The van der Waals surface area contributed by atoms with Gasteiger partial charge < -0.3 is 19.9 Å². The third kappa shape index (κ3) is 5.68. The van der Waals surface area contributed by atoms with Crippen LogP contribution in [-0.4, -0.2) is 97.5 Å². The molecule has 0 aromatic heterocycles. The Hall–Kier alpha value is -2.16. The Bertz CT molecular complexity index is 746. The molecule has 0 spiro atoms. The molecule has 2 saturated heterocycles. The number of halogens is 1. The Morgan fingerprint density at radius 1 is 1.03 bits per heavy atom. The summed E-state index contributed by atoms with van der Waals surface area (Å²) in [5.41, 5.74) is 0.340. The summed E-state index contributed by atoms with van der Waals surface area (Å²) in [4.78, 5) is 43.1. The lowest BCUT2D eigenvalue weighted by atomic mass is 10.2. The van der Waals surface area contributed by atoms with E-state index in [1.807, 2.05) is 0 Å². The maximum atomic E-state index is 12.7. The number of piperazine rings is 1.